The predicted molar refractivity (Wildman–Crippen MR) is 131 cm³/mol. The second-order valence-corrected chi connectivity index (χ2v) is 8.55. The van der Waals surface area contributed by atoms with Gasteiger partial charge in [0.05, 0.1) is 29.8 Å². The highest BCUT2D eigenvalue weighted by Gasteiger charge is 2.37. The lowest BCUT2D eigenvalue weighted by molar-refractivity contribution is -0.140. The number of alkyl halides is 4. The molecule has 0 saturated carbocycles. The highest BCUT2D eigenvalue weighted by Crippen LogP contribution is 2.31. The van der Waals surface area contributed by atoms with Crippen LogP contribution in [0, 0.1) is 5.82 Å². The van der Waals surface area contributed by atoms with Gasteiger partial charge in [-0.15, -0.1) is 0 Å². The molecule has 9 nitrogen and oxygen atoms in total. The van der Waals surface area contributed by atoms with Gasteiger partial charge in [0.2, 0.25) is 0 Å². The lowest BCUT2D eigenvalue weighted by atomic mass is 10.1. The summed E-state index contributed by atoms with van der Waals surface area (Å²) in [4.78, 5) is 31.2. The number of hydrogen-bond acceptors (Lipinski definition) is 7. The van der Waals surface area contributed by atoms with Crippen LogP contribution < -0.4 is 11.1 Å². The zero-order valence-corrected chi connectivity index (χ0v) is 20.7. The van der Waals surface area contributed by atoms with Crippen LogP contribution in [0.25, 0.3) is 22.2 Å². The molecule has 2 unspecified atom stereocenters. The van der Waals surface area contributed by atoms with E-state index in [2.05, 4.69) is 15.1 Å². The maximum Gasteiger partial charge on any atom is 0.425 e. The van der Waals surface area contributed by atoms with E-state index < -0.39 is 46.7 Å². The molecule has 39 heavy (non-hydrogen) atoms. The maximum atomic E-state index is 14.6. The summed E-state index contributed by atoms with van der Waals surface area (Å²) in [5, 5.41) is 23.4. The molecule has 4 rings (SSSR count). The van der Waals surface area contributed by atoms with Gasteiger partial charge in [0.1, 0.15) is 12.0 Å². The van der Waals surface area contributed by atoms with E-state index in [-0.39, 0.29) is 23.3 Å². The van der Waals surface area contributed by atoms with Crippen LogP contribution in [0.4, 0.5) is 22.0 Å². The van der Waals surface area contributed by atoms with Gasteiger partial charge in [-0.25, -0.2) is 23.8 Å². The zero-order valence-electron chi connectivity index (χ0n) is 20.7. The number of pyridine rings is 1. The predicted octanol–water partition coefficient (Wildman–Crippen LogP) is 4.28. The number of benzene rings is 1. The van der Waals surface area contributed by atoms with Crippen molar-refractivity contribution in [1.82, 2.24) is 24.7 Å². The van der Waals surface area contributed by atoms with Crippen molar-refractivity contribution < 1.29 is 32.2 Å². The molecule has 3 heterocycles. The first kappa shape index (κ1) is 29.4. The third-order valence-electron chi connectivity index (χ3n) is 5.58. The summed E-state index contributed by atoms with van der Waals surface area (Å²) in [6, 6.07) is 4.30. The Hall–Kier alpha value is -4.20. The Balaban J connectivity index is 0.000000293. The smallest absolute Gasteiger partial charge is 0.425 e. The van der Waals surface area contributed by atoms with Crippen molar-refractivity contribution in [3.63, 3.8) is 0 Å². The highest BCUT2D eigenvalue weighted by atomic mass is 19.4. The van der Waals surface area contributed by atoms with Crippen LogP contribution in [0.5, 0.6) is 5.75 Å². The average molecular weight is 553 g/mol. The fourth-order valence-electron chi connectivity index (χ4n) is 3.59. The van der Waals surface area contributed by atoms with E-state index >= 15 is 0 Å². The fourth-order valence-corrected chi connectivity index (χ4v) is 3.59. The molecule has 0 aliphatic rings. The second-order valence-electron chi connectivity index (χ2n) is 8.55. The molecule has 0 bridgehead atoms. The SMILES string of the molecule is CCCC(F)Cn1ccc2cc(-c3ncc(C(C)O)cn3)c(F)cc2c1=O.O=c1[nH]ncc(O)c1C(F)(F)F. The average Bonchev–Trinajstić information content (AvgIpc) is 2.85. The highest BCUT2D eigenvalue weighted by molar-refractivity contribution is 5.85. The Morgan fingerprint density at radius 2 is 1.79 bits per heavy atom. The van der Waals surface area contributed by atoms with Crippen LogP contribution in [0.1, 0.15) is 43.9 Å². The zero-order chi connectivity index (χ0) is 28.9. The molecule has 0 spiro atoms. The molecule has 2 atom stereocenters. The molecular formula is C25H24F5N5O4. The van der Waals surface area contributed by atoms with Crippen LogP contribution in [0.15, 0.2) is 52.6 Å². The lowest BCUT2D eigenvalue weighted by Gasteiger charge is -2.11. The summed E-state index contributed by atoms with van der Waals surface area (Å²) < 4.78 is 65.4. The van der Waals surface area contributed by atoms with Gasteiger partial charge < -0.3 is 14.8 Å². The molecular weight excluding hydrogens is 529 g/mol. The number of hydrogen-bond donors (Lipinski definition) is 3. The first-order chi connectivity index (χ1) is 18.3. The molecule has 208 valence electrons. The molecule has 14 heteroatoms. The van der Waals surface area contributed by atoms with Gasteiger partial charge in [0.25, 0.3) is 11.1 Å². The number of halogens is 5. The normalized spacial score (nSPS) is 13.0. The minimum Gasteiger partial charge on any atom is -0.505 e. The Morgan fingerprint density at radius 1 is 1.13 bits per heavy atom. The molecule has 0 radical (unpaired) electrons. The molecule has 0 aliphatic carbocycles. The van der Waals surface area contributed by atoms with Gasteiger partial charge in [-0.05, 0) is 36.9 Å². The van der Waals surface area contributed by atoms with E-state index in [0.29, 0.717) is 30.0 Å². The van der Waals surface area contributed by atoms with Gasteiger partial charge in [0.15, 0.2) is 17.1 Å². The largest absolute Gasteiger partial charge is 0.505 e. The van der Waals surface area contributed by atoms with Gasteiger partial charge in [-0.2, -0.15) is 18.3 Å². The van der Waals surface area contributed by atoms with Crippen molar-refractivity contribution in [2.75, 3.05) is 0 Å². The molecule has 3 aromatic heterocycles. The summed E-state index contributed by atoms with van der Waals surface area (Å²) in [6.45, 7) is 3.42. The minimum absolute atomic E-state index is 0.0457. The number of nitrogens with one attached hydrogen (secondary N) is 1. The van der Waals surface area contributed by atoms with Crippen molar-refractivity contribution in [2.24, 2.45) is 0 Å². The topological polar surface area (TPSA) is 134 Å². The Bertz CT molecular complexity index is 1550. The quantitative estimate of drug-likeness (QED) is 0.304. The first-order valence-corrected chi connectivity index (χ1v) is 11.6. The van der Waals surface area contributed by atoms with Crippen LogP contribution >= 0.6 is 0 Å². The van der Waals surface area contributed by atoms with Crippen LogP contribution in [-0.4, -0.2) is 41.1 Å². The number of aromatic nitrogens is 5. The standard InChI is InChI=1S/C20H21F2N3O2.C5H3F3N2O2/c1-3-4-15(21)11-25-6-5-13-7-17(18(22)8-16(13)20(25)27)19-23-9-14(10-24-19)12(2)26;6-5(7,8)3-2(11)1-9-10-4(3)12/h5-10,12,15,26H,3-4,11H2,1-2H3;1H,(H2,10,11,12). The minimum atomic E-state index is -4.86. The van der Waals surface area contributed by atoms with Crippen molar-refractivity contribution >= 4 is 10.8 Å². The van der Waals surface area contributed by atoms with E-state index in [0.717, 1.165) is 6.07 Å². The molecule has 3 N–H and O–H groups in total. The van der Waals surface area contributed by atoms with Crippen LogP contribution in [-0.2, 0) is 12.7 Å². The third kappa shape index (κ3) is 7.02. The number of H-pyrrole nitrogens is 1. The monoisotopic (exact) mass is 553 g/mol. The maximum absolute atomic E-state index is 14.6. The number of rotatable bonds is 6. The van der Waals surface area contributed by atoms with Crippen LogP contribution in [0.3, 0.4) is 0 Å². The summed E-state index contributed by atoms with van der Waals surface area (Å²) in [5.74, 6) is -1.64. The molecule has 1 aromatic carbocycles. The summed E-state index contributed by atoms with van der Waals surface area (Å²) >= 11 is 0. The van der Waals surface area contributed by atoms with Crippen molar-refractivity contribution in [3.05, 3.63) is 80.6 Å². The van der Waals surface area contributed by atoms with E-state index in [1.165, 1.54) is 29.2 Å². The third-order valence-corrected chi connectivity index (χ3v) is 5.58. The Morgan fingerprint density at radius 3 is 2.33 bits per heavy atom. The van der Waals surface area contributed by atoms with Crippen molar-refractivity contribution in [2.45, 2.75) is 51.7 Å². The van der Waals surface area contributed by atoms with E-state index in [1.807, 2.05) is 6.92 Å². The van der Waals surface area contributed by atoms with Crippen molar-refractivity contribution in [3.8, 4) is 17.1 Å². The fraction of sp³-hybridized carbons (Fsp3) is 0.320. The van der Waals surface area contributed by atoms with Gasteiger partial charge in [-0.1, -0.05) is 13.3 Å². The van der Waals surface area contributed by atoms with Crippen LogP contribution in [0.2, 0.25) is 0 Å². The number of aliphatic hydroxyl groups excluding tert-OH is 1. The Labute approximate surface area is 217 Å². The molecule has 0 aliphatic heterocycles. The molecule has 0 saturated heterocycles. The van der Waals surface area contributed by atoms with Gasteiger partial charge in [0, 0.05) is 24.2 Å². The Kier molecular flexibility index (Phi) is 9.11. The van der Waals surface area contributed by atoms with E-state index in [4.69, 9.17) is 5.11 Å². The lowest BCUT2D eigenvalue weighted by Crippen LogP contribution is -2.24. The van der Waals surface area contributed by atoms with Crippen molar-refractivity contribution in [1.29, 1.82) is 0 Å². The number of aliphatic hydroxyl groups is 1. The number of nitrogens with zero attached hydrogens (tertiary/aromatic N) is 4. The summed E-state index contributed by atoms with van der Waals surface area (Å²) in [6.07, 6.45) is -0.724. The molecule has 0 amide bonds. The number of fused-ring (bicyclic) bond motifs is 1. The van der Waals surface area contributed by atoms with Gasteiger partial charge >= 0.3 is 6.18 Å². The molecule has 4 aromatic rings. The summed E-state index contributed by atoms with van der Waals surface area (Å²) in [5.41, 5.74) is -2.83. The number of aromatic amines is 1. The van der Waals surface area contributed by atoms with E-state index in [1.54, 1.807) is 18.1 Å². The molecule has 0 fully saturated rings. The first-order valence-electron chi connectivity index (χ1n) is 11.6. The second kappa shape index (κ2) is 12.1. The van der Waals surface area contributed by atoms with E-state index in [9.17, 15) is 36.6 Å². The van der Waals surface area contributed by atoms with Gasteiger partial charge in [-0.3, -0.25) is 9.59 Å². The summed E-state index contributed by atoms with van der Waals surface area (Å²) in [7, 11) is 0. The number of aromatic hydroxyl groups is 1.